The van der Waals surface area contributed by atoms with Crippen LogP contribution in [0.4, 0.5) is 0 Å². The molecule has 1 aromatic carbocycles. The largest absolute Gasteiger partial charge is 0.319 e. The van der Waals surface area contributed by atoms with Gasteiger partial charge in [-0.25, -0.2) is 0 Å². The first-order valence-corrected chi connectivity index (χ1v) is 7.30. The molecule has 2 aromatic rings. The lowest BCUT2D eigenvalue weighted by molar-refractivity contribution is 0.590. The molecule has 0 fully saturated rings. The SMILES string of the molecule is CNCC(Cc1c(Br)c(C)nn1C)c1ccccc1. The van der Waals surface area contributed by atoms with E-state index in [1.807, 2.05) is 25.7 Å². The lowest BCUT2D eigenvalue weighted by Gasteiger charge is -2.17. The Labute approximate surface area is 123 Å². The number of hydrogen-bond donors (Lipinski definition) is 1. The van der Waals surface area contributed by atoms with Crippen molar-refractivity contribution in [1.82, 2.24) is 15.1 Å². The van der Waals surface area contributed by atoms with Crippen LogP contribution in [0.1, 0.15) is 22.9 Å². The molecule has 102 valence electrons. The topological polar surface area (TPSA) is 29.9 Å². The summed E-state index contributed by atoms with van der Waals surface area (Å²) in [4.78, 5) is 0. The molecule has 19 heavy (non-hydrogen) atoms. The highest BCUT2D eigenvalue weighted by atomic mass is 79.9. The zero-order chi connectivity index (χ0) is 13.8. The third kappa shape index (κ3) is 3.25. The van der Waals surface area contributed by atoms with E-state index in [1.54, 1.807) is 0 Å². The van der Waals surface area contributed by atoms with Gasteiger partial charge in [0.1, 0.15) is 0 Å². The van der Waals surface area contributed by atoms with Crippen molar-refractivity contribution in [2.75, 3.05) is 13.6 Å². The van der Waals surface area contributed by atoms with Crippen molar-refractivity contribution in [2.45, 2.75) is 19.3 Å². The van der Waals surface area contributed by atoms with Crippen LogP contribution in [0.2, 0.25) is 0 Å². The van der Waals surface area contributed by atoms with E-state index in [2.05, 4.69) is 56.7 Å². The number of nitrogens with one attached hydrogen (secondary N) is 1. The first-order valence-electron chi connectivity index (χ1n) is 6.51. The van der Waals surface area contributed by atoms with Gasteiger partial charge in [-0.15, -0.1) is 0 Å². The van der Waals surface area contributed by atoms with Crippen molar-refractivity contribution in [3.05, 3.63) is 51.8 Å². The Balaban J connectivity index is 2.26. The van der Waals surface area contributed by atoms with Gasteiger partial charge in [0.05, 0.1) is 15.9 Å². The molecule has 0 aliphatic carbocycles. The second kappa shape index (κ2) is 6.35. The second-order valence-corrected chi connectivity index (χ2v) is 5.63. The number of likely N-dealkylation sites (N-methyl/N-ethyl adjacent to an activating group) is 1. The summed E-state index contributed by atoms with van der Waals surface area (Å²) < 4.78 is 3.11. The van der Waals surface area contributed by atoms with Gasteiger partial charge in [0.15, 0.2) is 0 Å². The number of halogens is 1. The molecule has 1 heterocycles. The van der Waals surface area contributed by atoms with E-state index in [0.29, 0.717) is 5.92 Å². The number of benzene rings is 1. The van der Waals surface area contributed by atoms with Gasteiger partial charge in [-0.1, -0.05) is 30.3 Å². The highest BCUT2D eigenvalue weighted by Gasteiger charge is 2.17. The Kier molecular flexibility index (Phi) is 4.77. The summed E-state index contributed by atoms with van der Waals surface area (Å²) in [7, 11) is 4.01. The summed E-state index contributed by atoms with van der Waals surface area (Å²) in [6.45, 7) is 2.99. The molecule has 4 heteroatoms. The molecule has 0 bridgehead atoms. The summed E-state index contributed by atoms with van der Waals surface area (Å²) >= 11 is 3.65. The van der Waals surface area contributed by atoms with Crippen LogP contribution in [0, 0.1) is 6.92 Å². The van der Waals surface area contributed by atoms with E-state index < -0.39 is 0 Å². The molecular formula is C15H20BrN3. The summed E-state index contributed by atoms with van der Waals surface area (Å²) in [6.07, 6.45) is 0.975. The van der Waals surface area contributed by atoms with Crippen LogP contribution in [-0.4, -0.2) is 23.4 Å². The average Bonchev–Trinajstić information content (AvgIpc) is 2.65. The zero-order valence-corrected chi connectivity index (χ0v) is 13.2. The van der Waals surface area contributed by atoms with Crippen LogP contribution < -0.4 is 5.32 Å². The van der Waals surface area contributed by atoms with Crippen molar-refractivity contribution < 1.29 is 0 Å². The predicted molar refractivity (Wildman–Crippen MR) is 82.5 cm³/mol. The van der Waals surface area contributed by atoms with E-state index in [1.165, 1.54) is 11.3 Å². The lowest BCUT2D eigenvalue weighted by Crippen LogP contribution is -2.20. The van der Waals surface area contributed by atoms with E-state index in [4.69, 9.17) is 0 Å². The van der Waals surface area contributed by atoms with E-state index in [-0.39, 0.29) is 0 Å². The first kappa shape index (κ1) is 14.3. The zero-order valence-electron chi connectivity index (χ0n) is 11.7. The maximum absolute atomic E-state index is 4.47. The van der Waals surface area contributed by atoms with Crippen LogP contribution >= 0.6 is 15.9 Å². The molecule has 3 nitrogen and oxygen atoms in total. The van der Waals surface area contributed by atoms with Gasteiger partial charge in [0.2, 0.25) is 0 Å². The minimum Gasteiger partial charge on any atom is -0.319 e. The van der Waals surface area contributed by atoms with Crippen LogP contribution in [-0.2, 0) is 13.5 Å². The molecule has 1 aromatic heterocycles. The highest BCUT2D eigenvalue weighted by molar-refractivity contribution is 9.10. The Morgan fingerprint density at radius 2 is 2.00 bits per heavy atom. The summed E-state index contributed by atoms with van der Waals surface area (Å²) in [5, 5.41) is 7.75. The number of hydrogen-bond acceptors (Lipinski definition) is 2. The molecule has 0 aliphatic rings. The molecule has 1 N–H and O–H groups in total. The summed E-state index contributed by atoms with van der Waals surface area (Å²) in [5.41, 5.74) is 3.66. The molecule has 1 unspecified atom stereocenters. The Bertz CT molecular complexity index is 534. The fraction of sp³-hybridized carbons (Fsp3) is 0.400. The number of rotatable bonds is 5. The van der Waals surface area contributed by atoms with Crippen molar-refractivity contribution >= 4 is 15.9 Å². The minimum absolute atomic E-state index is 0.456. The third-order valence-corrected chi connectivity index (χ3v) is 4.45. The maximum Gasteiger partial charge on any atom is 0.0738 e. The van der Waals surface area contributed by atoms with Gasteiger partial charge in [-0.2, -0.15) is 5.10 Å². The monoisotopic (exact) mass is 321 g/mol. The molecule has 0 spiro atoms. The number of aryl methyl sites for hydroxylation is 2. The fourth-order valence-corrected chi connectivity index (χ4v) is 2.91. The second-order valence-electron chi connectivity index (χ2n) is 4.84. The quantitative estimate of drug-likeness (QED) is 0.917. The molecular weight excluding hydrogens is 302 g/mol. The van der Waals surface area contributed by atoms with Crippen LogP contribution in [0.3, 0.4) is 0 Å². The van der Waals surface area contributed by atoms with Crippen LogP contribution in [0.15, 0.2) is 34.8 Å². The van der Waals surface area contributed by atoms with E-state index in [9.17, 15) is 0 Å². The van der Waals surface area contributed by atoms with Crippen LogP contribution in [0.25, 0.3) is 0 Å². The van der Waals surface area contributed by atoms with Crippen molar-refractivity contribution in [2.24, 2.45) is 7.05 Å². The van der Waals surface area contributed by atoms with Crippen molar-refractivity contribution in [1.29, 1.82) is 0 Å². The standard InChI is InChI=1S/C15H20BrN3/c1-11-15(16)14(19(3)18-11)9-13(10-17-2)12-7-5-4-6-8-12/h4-8,13,17H,9-10H2,1-3H3. The Morgan fingerprint density at radius 3 is 2.53 bits per heavy atom. The molecule has 0 saturated heterocycles. The fourth-order valence-electron chi connectivity index (χ4n) is 2.41. The molecule has 0 aliphatic heterocycles. The Hall–Kier alpha value is -1.13. The molecule has 0 radical (unpaired) electrons. The van der Waals surface area contributed by atoms with Crippen molar-refractivity contribution in [3.63, 3.8) is 0 Å². The van der Waals surface area contributed by atoms with Gasteiger partial charge >= 0.3 is 0 Å². The lowest BCUT2D eigenvalue weighted by atomic mass is 9.94. The normalized spacial score (nSPS) is 12.6. The van der Waals surface area contributed by atoms with Crippen LogP contribution in [0.5, 0.6) is 0 Å². The summed E-state index contributed by atoms with van der Waals surface area (Å²) in [6, 6.07) is 10.6. The molecule has 0 saturated carbocycles. The smallest absolute Gasteiger partial charge is 0.0738 e. The van der Waals surface area contributed by atoms with Crippen molar-refractivity contribution in [3.8, 4) is 0 Å². The van der Waals surface area contributed by atoms with Gasteiger partial charge in [0.25, 0.3) is 0 Å². The average molecular weight is 322 g/mol. The highest BCUT2D eigenvalue weighted by Crippen LogP contribution is 2.27. The molecule has 1 atom stereocenters. The van der Waals surface area contributed by atoms with E-state index in [0.717, 1.165) is 23.1 Å². The first-order chi connectivity index (χ1) is 9.13. The Morgan fingerprint density at radius 1 is 1.32 bits per heavy atom. The number of aromatic nitrogens is 2. The predicted octanol–water partition coefficient (Wildman–Crippen LogP) is 3.04. The molecule has 0 amide bonds. The maximum atomic E-state index is 4.47. The number of nitrogens with zero attached hydrogens (tertiary/aromatic N) is 2. The minimum atomic E-state index is 0.456. The summed E-state index contributed by atoms with van der Waals surface area (Å²) in [5.74, 6) is 0.456. The van der Waals surface area contributed by atoms with Gasteiger partial charge < -0.3 is 5.32 Å². The van der Waals surface area contributed by atoms with Gasteiger partial charge in [0, 0.05) is 19.5 Å². The third-order valence-electron chi connectivity index (χ3n) is 3.42. The molecule has 2 rings (SSSR count). The van der Waals surface area contributed by atoms with Gasteiger partial charge in [-0.05, 0) is 41.9 Å². The van der Waals surface area contributed by atoms with E-state index >= 15 is 0 Å². The van der Waals surface area contributed by atoms with Gasteiger partial charge in [-0.3, -0.25) is 4.68 Å².